The maximum absolute atomic E-state index is 13.6. The number of hydrogen-bond donors (Lipinski definition) is 1. The van der Waals surface area contributed by atoms with Gasteiger partial charge in [-0.1, -0.05) is 60.7 Å². The van der Waals surface area contributed by atoms with Gasteiger partial charge >= 0.3 is 6.09 Å². The predicted molar refractivity (Wildman–Crippen MR) is 113 cm³/mol. The van der Waals surface area contributed by atoms with Crippen LogP contribution < -0.4 is 5.32 Å². The zero-order chi connectivity index (χ0) is 21.8. The van der Waals surface area contributed by atoms with Crippen LogP contribution >= 0.6 is 0 Å². The summed E-state index contributed by atoms with van der Waals surface area (Å²) >= 11 is 0. The maximum atomic E-state index is 13.6. The lowest BCUT2D eigenvalue weighted by Crippen LogP contribution is -2.26. The van der Waals surface area contributed by atoms with Gasteiger partial charge in [-0.15, -0.1) is 0 Å². The minimum Gasteiger partial charge on any atom is -0.449 e. The van der Waals surface area contributed by atoms with Crippen LogP contribution in [-0.2, 0) is 4.74 Å². The summed E-state index contributed by atoms with van der Waals surface area (Å²) in [6.45, 7) is 0.329. The fraction of sp³-hybridized carbons (Fsp3) is 0.120. The van der Waals surface area contributed by atoms with Gasteiger partial charge in [0.2, 0.25) is 0 Å². The SMILES string of the molecule is N#Cc1c(F)cc(C=CCNC(=O)OCC2c3ccccc3-c3ccccc32)cc1F. The maximum Gasteiger partial charge on any atom is 0.407 e. The van der Waals surface area contributed by atoms with Crippen LogP contribution in [0.1, 0.15) is 28.2 Å². The molecular weight excluding hydrogens is 398 g/mol. The van der Waals surface area contributed by atoms with E-state index in [1.807, 2.05) is 36.4 Å². The van der Waals surface area contributed by atoms with Crippen LogP contribution in [0.2, 0.25) is 0 Å². The standard InChI is InChI=1S/C25H18F2N2O2/c26-23-12-16(13-24(27)21(23)14-28)6-5-11-29-25(30)31-15-22-19-9-3-1-7-17(19)18-8-2-4-10-20(18)22/h1-10,12-13,22H,11,15H2,(H,29,30). The molecular formula is C25H18F2N2O2. The second-order valence-corrected chi connectivity index (χ2v) is 7.08. The minimum atomic E-state index is -0.924. The van der Waals surface area contributed by atoms with E-state index < -0.39 is 23.3 Å². The van der Waals surface area contributed by atoms with Crippen molar-refractivity contribution in [3.8, 4) is 17.2 Å². The Morgan fingerprint density at radius 1 is 1.03 bits per heavy atom. The molecule has 3 aromatic rings. The number of alkyl carbamates (subject to hydrolysis) is 1. The van der Waals surface area contributed by atoms with E-state index in [1.165, 1.54) is 12.1 Å². The van der Waals surface area contributed by atoms with Crippen molar-refractivity contribution in [2.75, 3.05) is 13.2 Å². The predicted octanol–water partition coefficient (Wildman–Crippen LogP) is 5.39. The molecule has 0 spiro atoms. The molecule has 31 heavy (non-hydrogen) atoms. The first kappa shape index (κ1) is 20.3. The molecule has 1 N–H and O–H groups in total. The molecule has 1 amide bonds. The number of halogens is 2. The van der Waals surface area contributed by atoms with Crippen LogP contribution in [0.5, 0.6) is 0 Å². The monoisotopic (exact) mass is 416 g/mol. The number of amides is 1. The summed E-state index contributed by atoms with van der Waals surface area (Å²) in [4.78, 5) is 12.1. The Balaban J connectivity index is 1.34. The molecule has 0 bridgehead atoms. The van der Waals surface area contributed by atoms with E-state index in [0.717, 1.165) is 34.4 Å². The Morgan fingerprint density at radius 3 is 2.19 bits per heavy atom. The van der Waals surface area contributed by atoms with Gasteiger partial charge in [-0.25, -0.2) is 13.6 Å². The van der Waals surface area contributed by atoms with E-state index in [0.29, 0.717) is 0 Å². The number of nitrogens with one attached hydrogen (secondary N) is 1. The van der Waals surface area contributed by atoms with E-state index in [9.17, 15) is 13.6 Å². The molecule has 0 aliphatic heterocycles. The smallest absolute Gasteiger partial charge is 0.407 e. The Kier molecular flexibility index (Phi) is 5.76. The van der Waals surface area contributed by atoms with Gasteiger partial charge in [-0.3, -0.25) is 0 Å². The normalized spacial score (nSPS) is 12.3. The minimum absolute atomic E-state index is 0.0294. The highest BCUT2D eigenvalue weighted by molar-refractivity contribution is 5.79. The van der Waals surface area contributed by atoms with Crippen molar-refractivity contribution >= 4 is 12.2 Å². The molecule has 0 unspecified atom stereocenters. The summed E-state index contributed by atoms with van der Waals surface area (Å²) in [5.74, 6) is -1.88. The summed E-state index contributed by atoms with van der Waals surface area (Å²) < 4.78 is 32.7. The molecule has 0 fully saturated rings. The van der Waals surface area contributed by atoms with E-state index in [1.54, 1.807) is 6.08 Å². The van der Waals surface area contributed by atoms with Crippen LogP contribution in [0.15, 0.2) is 66.7 Å². The topological polar surface area (TPSA) is 62.1 Å². The summed E-state index contributed by atoms with van der Waals surface area (Å²) in [5, 5.41) is 11.3. The third-order valence-corrected chi connectivity index (χ3v) is 5.19. The van der Waals surface area contributed by atoms with Crippen molar-refractivity contribution in [3.63, 3.8) is 0 Å². The zero-order valence-corrected chi connectivity index (χ0v) is 16.4. The fourth-order valence-electron chi connectivity index (χ4n) is 3.78. The quantitative estimate of drug-likeness (QED) is 0.607. The number of carbonyl (C=O) groups is 1. The molecule has 1 aliphatic rings. The summed E-state index contributed by atoms with van der Waals surface area (Å²) in [6, 6.07) is 19.7. The van der Waals surface area contributed by atoms with Gasteiger partial charge in [-0.2, -0.15) is 5.26 Å². The number of nitrogens with zero attached hydrogens (tertiary/aromatic N) is 1. The average molecular weight is 416 g/mol. The molecule has 4 rings (SSSR count). The Hall–Kier alpha value is -3.98. The highest BCUT2D eigenvalue weighted by Gasteiger charge is 2.28. The number of ether oxygens (including phenoxy) is 1. The molecule has 0 atom stereocenters. The summed E-state index contributed by atoms with van der Waals surface area (Å²) in [7, 11) is 0. The van der Waals surface area contributed by atoms with Gasteiger partial charge in [0.05, 0.1) is 0 Å². The average Bonchev–Trinajstić information content (AvgIpc) is 3.09. The largest absolute Gasteiger partial charge is 0.449 e. The lowest BCUT2D eigenvalue weighted by molar-refractivity contribution is 0.144. The van der Waals surface area contributed by atoms with E-state index in [4.69, 9.17) is 10.00 Å². The van der Waals surface area contributed by atoms with Crippen LogP contribution in [0.4, 0.5) is 13.6 Å². The Morgan fingerprint density at radius 2 is 1.61 bits per heavy atom. The molecule has 154 valence electrons. The lowest BCUT2D eigenvalue weighted by atomic mass is 9.98. The molecule has 6 heteroatoms. The third-order valence-electron chi connectivity index (χ3n) is 5.19. The van der Waals surface area contributed by atoms with Gasteiger partial charge in [0.25, 0.3) is 0 Å². The van der Waals surface area contributed by atoms with Crippen molar-refractivity contribution < 1.29 is 18.3 Å². The van der Waals surface area contributed by atoms with Crippen molar-refractivity contribution in [2.45, 2.75) is 5.92 Å². The van der Waals surface area contributed by atoms with Crippen LogP contribution in [0, 0.1) is 23.0 Å². The van der Waals surface area contributed by atoms with Gasteiger partial charge < -0.3 is 10.1 Å². The van der Waals surface area contributed by atoms with Gasteiger partial charge in [0.1, 0.15) is 29.9 Å². The van der Waals surface area contributed by atoms with Crippen LogP contribution in [0.3, 0.4) is 0 Å². The van der Waals surface area contributed by atoms with Gasteiger partial charge in [-0.05, 0) is 39.9 Å². The van der Waals surface area contributed by atoms with Crippen LogP contribution in [0.25, 0.3) is 17.2 Å². The number of nitriles is 1. The lowest BCUT2D eigenvalue weighted by Gasteiger charge is -2.14. The molecule has 0 saturated carbocycles. The second-order valence-electron chi connectivity index (χ2n) is 7.08. The highest BCUT2D eigenvalue weighted by Crippen LogP contribution is 2.44. The first-order valence-electron chi connectivity index (χ1n) is 9.73. The van der Waals surface area contributed by atoms with Crippen molar-refractivity contribution in [1.82, 2.24) is 5.32 Å². The summed E-state index contributed by atoms with van der Waals surface area (Å²) in [5.41, 5.74) is 4.19. The Bertz CT molecular complexity index is 1150. The molecule has 0 radical (unpaired) electrons. The first-order chi connectivity index (χ1) is 15.1. The second kappa shape index (κ2) is 8.80. The van der Waals surface area contributed by atoms with Gasteiger partial charge in [0, 0.05) is 12.5 Å². The molecule has 3 aromatic carbocycles. The fourth-order valence-corrected chi connectivity index (χ4v) is 3.78. The molecule has 0 heterocycles. The third kappa shape index (κ3) is 4.17. The van der Waals surface area contributed by atoms with Crippen LogP contribution in [-0.4, -0.2) is 19.2 Å². The first-order valence-corrected chi connectivity index (χ1v) is 9.73. The Labute approximate surface area is 178 Å². The van der Waals surface area contributed by atoms with E-state index in [-0.39, 0.29) is 24.6 Å². The summed E-state index contributed by atoms with van der Waals surface area (Å²) in [6.07, 6.45) is 2.42. The zero-order valence-electron chi connectivity index (χ0n) is 16.4. The molecule has 0 aromatic heterocycles. The highest BCUT2D eigenvalue weighted by atomic mass is 19.1. The van der Waals surface area contributed by atoms with Gasteiger partial charge in [0.15, 0.2) is 0 Å². The number of hydrogen-bond acceptors (Lipinski definition) is 3. The van der Waals surface area contributed by atoms with Crippen molar-refractivity contribution in [1.29, 1.82) is 5.26 Å². The number of rotatable bonds is 5. The molecule has 0 saturated heterocycles. The number of carbonyl (C=O) groups excluding carboxylic acids is 1. The molecule has 1 aliphatic carbocycles. The number of fused-ring (bicyclic) bond motifs is 3. The van der Waals surface area contributed by atoms with Crippen molar-refractivity contribution in [2.24, 2.45) is 0 Å². The molecule has 4 nitrogen and oxygen atoms in total. The van der Waals surface area contributed by atoms with E-state index in [2.05, 4.69) is 17.4 Å². The van der Waals surface area contributed by atoms with E-state index >= 15 is 0 Å². The number of benzene rings is 3. The van der Waals surface area contributed by atoms with Crippen molar-refractivity contribution in [3.05, 3.63) is 101 Å².